The number of hydrogen-bond acceptors (Lipinski definition) is 6. The highest BCUT2D eigenvalue weighted by atomic mass is 16.1. The molecular formula is C25H26N8O. The van der Waals surface area contributed by atoms with Gasteiger partial charge in [-0.2, -0.15) is 0 Å². The third kappa shape index (κ3) is 3.69. The van der Waals surface area contributed by atoms with E-state index in [1.54, 1.807) is 12.4 Å². The second-order valence-electron chi connectivity index (χ2n) is 8.74. The molecule has 0 saturated carbocycles. The first-order valence-electron chi connectivity index (χ1n) is 11.5. The Morgan fingerprint density at radius 3 is 2.74 bits per heavy atom. The van der Waals surface area contributed by atoms with Crippen LogP contribution in [-0.2, 0) is 6.54 Å². The van der Waals surface area contributed by atoms with E-state index < -0.39 is 0 Å². The molecule has 0 bridgehead atoms. The lowest BCUT2D eigenvalue weighted by molar-refractivity contribution is 0.313. The van der Waals surface area contributed by atoms with Gasteiger partial charge in [-0.15, -0.1) is 0 Å². The van der Waals surface area contributed by atoms with Gasteiger partial charge < -0.3 is 30.1 Å². The highest BCUT2D eigenvalue weighted by Gasteiger charge is 2.20. The lowest BCUT2D eigenvalue weighted by atomic mass is 10.1. The number of nitrogens with one attached hydrogen (secondary N) is 4. The molecule has 4 N–H and O–H groups in total. The third-order valence-corrected chi connectivity index (χ3v) is 6.48. The Balaban J connectivity index is 1.41. The van der Waals surface area contributed by atoms with Crippen molar-refractivity contribution in [3.05, 3.63) is 71.0 Å². The van der Waals surface area contributed by atoms with Crippen molar-refractivity contribution in [1.29, 1.82) is 0 Å². The predicted octanol–water partition coefficient (Wildman–Crippen LogP) is 3.16. The number of benzene rings is 1. The van der Waals surface area contributed by atoms with Crippen LogP contribution in [-0.4, -0.2) is 63.0 Å². The molecule has 5 heterocycles. The highest BCUT2D eigenvalue weighted by molar-refractivity contribution is 5.99. The topological polar surface area (TPSA) is 109 Å². The minimum Gasteiger partial charge on any atom is -0.378 e. The van der Waals surface area contributed by atoms with E-state index in [4.69, 9.17) is 4.98 Å². The zero-order chi connectivity index (χ0) is 23.1. The van der Waals surface area contributed by atoms with E-state index in [1.807, 2.05) is 30.5 Å². The van der Waals surface area contributed by atoms with Gasteiger partial charge in [-0.3, -0.25) is 9.78 Å². The largest absolute Gasteiger partial charge is 0.378 e. The Morgan fingerprint density at radius 1 is 1.03 bits per heavy atom. The number of pyridine rings is 2. The first-order valence-corrected chi connectivity index (χ1v) is 11.5. The summed E-state index contributed by atoms with van der Waals surface area (Å²) in [6, 6.07) is 12.0. The van der Waals surface area contributed by atoms with Crippen molar-refractivity contribution in [3.63, 3.8) is 0 Å². The van der Waals surface area contributed by atoms with Crippen molar-refractivity contribution < 1.29 is 0 Å². The summed E-state index contributed by atoms with van der Waals surface area (Å²) in [7, 11) is 2.15. The zero-order valence-corrected chi connectivity index (χ0v) is 18.9. The van der Waals surface area contributed by atoms with Gasteiger partial charge in [0, 0.05) is 55.8 Å². The molecule has 172 valence electrons. The number of aromatic amines is 3. The average molecular weight is 455 g/mol. The highest BCUT2D eigenvalue weighted by Crippen LogP contribution is 2.32. The molecule has 1 fully saturated rings. The van der Waals surface area contributed by atoms with Crippen molar-refractivity contribution in [3.8, 4) is 11.4 Å². The van der Waals surface area contributed by atoms with Crippen LogP contribution in [0.25, 0.3) is 33.3 Å². The molecule has 0 aliphatic carbocycles. The maximum Gasteiger partial charge on any atom is 0.261 e. The normalized spacial score (nSPS) is 14.8. The van der Waals surface area contributed by atoms with Crippen LogP contribution in [0, 0.1) is 0 Å². The minimum atomic E-state index is -0.200. The van der Waals surface area contributed by atoms with E-state index in [2.05, 4.69) is 54.2 Å². The van der Waals surface area contributed by atoms with Gasteiger partial charge in [0.2, 0.25) is 0 Å². The van der Waals surface area contributed by atoms with Gasteiger partial charge in [0.25, 0.3) is 5.56 Å². The predicted molar refractivity (Wildman–Crippen MR) is 135 cm³/mol. The van der Waals surface area contributed by atoms with Crippen LogP contribution in [0.5, 0.6) is 0 Å². The Morgan fingerprint density at radius 2 is 1.91 bits per heavy atom. The fourth-order valence-corrected chi connectivity index (χ4v) is 4.58. The van der Waals surface area contributed by atoms with Crippen LogP contribution in [0.3, 0.4) is 0 Å². The van der Waals surface area contributed by atoms with Gasteiger partial charge in [0.15, 0.2) is 0 Å². The summed E-state index contributed by atoms with van der Waals surface area (Å²) in [5.74, 6) is 0.540. The van der Waals surface area contributed by atoms with E-state index in [0.717, 1.165) is 59.5 Å². The number of imidazole rings is 1. The Hall–Kier alpha value is -4.11. The summed E-state index contributed by atoms with van der Waals surface area (Å²) in [4.78, 5) is 36.6. The summed E-state index contributed by atoms with van der Waals surface area (Å²) in [6.07, 6.45) is 5.43. The number of anilines is 2. The van der Waals surface area contributed by atoms with E-state index >= 15 is 0 Å². The number of piperazine rings is 1. The molecule has 0 spiro atoms. The minimum absolute atomic E-state index is 0.200. The Bertz CT molecular complexity index is 1510. The molecule has 9 heteroatoms. The van der Waals surface area contributed by atoms with Gasteiger partial charge >= 0.3 is 0 Å². The average Bonchev–Trinajstić information content (AvgIpc) is 3.49. The van der Waals surface area contributed by atoms with Gasteiger partial charge in [0.1, 0.15) is 11.4 Å². The fraction of sp³-hybridized carbons (Fsp3) is 0.240. The van der Waals surface area contributed by atoms with Crippen molar-refractivity contribution in [2.75, 3.05) is 43.4 Å². The summed E-state index contributed by atoms with van der Waals surface area (Å²) >= 11 is 0. The Kier molecular flexibility index (Phi) is 5.03. The van der Waals surface area contributed by atoms with E-state index in [-0.39, 0.29) is 5.56 Å². The molecule has 34 heavy (non-hydrogen) atoms. The first kappa shape index (κ1) is 20.5. The lowest BCUT2D eigenvalue weighted by Crippen LogP contribution is -2.44. The number of rotatable bonds is 5. The second-order valence-corrected chi connectivity index (χ2v) is 8.74. The molecule has 1 aliphatic heterocycles. The number of fused-ring (bicyclic) bond motifs is 2. The SMILES string of the molecule is CN1CCN(c2ccc3nc(-c4c(NCc5ccccn5)c5c[nH]cc5[nH]c4=O)[nH]c3c2)CC1. The third-order valence-electron chi connectivity index (χ3n) is 6.48. The molecule has 0 radical (unpaired) electrons. The summed E-state index contributed by atoms with van der Waals surface area (Å²) in [6.45, 7) is 4.57. The maximum absolute atomic E-state index is 13.2. The lowest BCUT2D eigenvalue weighted by Gasteiger charge is -2.34. The van der Waals surface area contributed by atoms with Crippen LogP contribution < -0.4 is 15.8 Å². The van der Waals surface area contributed by atoms with Gasteiger partial charge in [-0.05, 0) is 37.4 Å². The summed E-state index contributed by atoms with van der Waals surface area (Å²) < 4.78 is 0. The van der Waals surface area contributed by atoms with Crippen LogP contribution in [0.15, 0.2) is 59.8 Å². The Labute approximate surface area is 195 Å². The van der Waals surface area contributed by atoms with E-state index in [1.165, 1.54) is 5.69 Å². The molecule has 0 unspecified atom stereocenters. The van der Waals surface area contributed by atoms with E-state index in [0.29, 0.717) is 17.9 Å². The monoisotopic (exact) mass is 454 g/mol. The molecule has 1 saturated heterocycles. The zero-order valence-electron chi connectivity index (χ0n) is 18.9. The van der Waals surface area contributed by atoms with Gasteiger partial charge in [-0.1, -0.05) is 6.07 Å². The standard InChI is InChI=1S/C25H26N8O/c1-32-8-10-33(11-9-32)17-5-6-19-20(12-17)30-24(29-19)22-23(28-13-16-4-2-3-7-27-16)18-14-26-15-21(18)31-25(22)34/h2-7,12,14-15,26,28H,8-11,13H2,1H3,(H,29,30)(H,31,34). The van der Waals surface area contributed by atoms with Crippen LogP contribution in [0.4, 0.5) is 11.4 Å². The van der Waals surface area contributed by atoms with Crippen molar-refractivity contribution in [2.45, 2.75) is 6.54 Å². The number of H-pyrrole nitrogens is 3. The fourth-order valence-electron chi connectivity index (χ4n) is 4.58. The van der Waals surface area contributed by atoms with Gasteiger partial charge in [-0.25, -0.2) is 4.98 Å². The van der Waals surface area contributed by atoms with Crippen molar-refractivity contribution >= 4 is 33.3 Å². The van der Waals surface area contributed by atoms with E-state index in [9.17, 15) is 4.79 Å². The molecule has 1 aliphatic rings. The smallest absolute Gasteiger partial charge is 0.261 e. The molecule has 9 nitrogen and oxygen atoms in total. The molecule has 1 aromatic carbocycles. The molecule has 0 atom stereocenters. The second kappa shape index (κ2) is 8.35. The molecular weight excluding hydrogens is 428 g/mol. The van der Waals surface area contributed by atoms with Crippen molar-refractivity contribution in [2.24, 2.45) is 0 Å². The quantitative estimate of drug-likeness (QED) is 0.325. The van der Waals surface area contributed by atoms with Crippen LogP contribution in [0.1, 0.15) is 5.69 Å². The molecule has 6 rings (SSSR count). The van der Waals surface area contributed by atoms with Crippen molar-refractivity contribution in [1.82, 2.24) is 29.8 Å². The number of likely N-dealkylation sites (N-methyl/N-ethyl adjacent to an activating group) is 1. The van der Waals surface area contributed by atoms with Gasteiger partial charge in [0.05, 0.1) is 34.5 Å². The number of hydrogen-bond donors (Lipinski definition) is 4. The summed E-state index contributed by atoms with van der Waals surface area (Å²) in [5, 5.41) is 4.33. The van der Waals surface area contributed by atoms with Crippen LogP contribution >= 0.6 is 0 Å². The number of nitrogens with zero attached hydrogens (tertiary/aromatic N) is 4. The van der Waals surface area contributed by atoms with Crippen LogP contribution in [0.2, 0.25) is 0 Å². The molecule has 5 aromatic rings. The summed E-state index contributed by atoms with van der Waals surface area (Å²) in [5.41, 5.74) is 5.55. The molecule has 0 amide bonds. The number of aromatic nitrogens is 5. The first-order chi connectivity index (χ1) is 16.7. The maximum atomic E-state index is 13.2. The molecule has 4 aromatic heterocycles.